The Morgan fingerprint density at radius 1 is 1.54 bits per heavy atom. The summed E-state index contributed by atoms with van der Waals surface area (Å²) in [6, 6.07) is 0. The summed E-state index contributed by atoms with van der Waals surface area (Å²) in [4.78, 5) is 15.8. The Kier molecular flexibility index (Phi) is 4.17. The minimum atomic E-state index is -2.10. The van der Waals surface area contributed by atoms with Gasteiger partial charge in [-0.1, -0.05) is 31.7 Å². The second-order valence-electron chi connectivity index (χ2n) is 6.46. The molecule has 1 aromatic heterocycles. The standard InChI is InChI=1S/C18H21FN2O3/c1-4-12(14-9-20-16(24-14)13-7-8-13)6-5-10(2)15-11(3)18(15,19)17(22)21-23/h4-6,9,11,13,15,23H,2,7-8H2,1,3H3,(H,21,22)/b6-5-,12-4+/t11-,15-,18+/m1/s1. The van der Waals surface area contributed by atoms with Gasteiger partial charge in [-0.15, -0.1) is 0 Å². The molecule has 5 nitrogen and oxygen atoms in total. The number of halogens is 1. The van der Waals surface area contributed by atoms with E-state index in [1.54, 1.807) is 25.3 Å². The lowest BCUT2D eigenvalue weighted by Crippen LogP contribution is -2.33. The zero-order valence-electron chi connectivity index (χ0n) is 13.8. The second kappa shape index (κ2) is 6.02. The van der Waals surface area contributed by atoms with Crippen LogP contribution in [0.15, 0.2) is 41.0 Å². The van der Waals surface area contributed by atoms with Gasteiger partial charge < -0.3 is 4.42 Å². The van der Waals surface area contributed by atoms with E-state index < -0.39 is 23.4 Å². The Morgan fingerprint density at radius 2 is 2.25 bits per heavy atom. The summed E-state index contributed by atoms with van der Waals surface area (Å²) in [5.74, 6) is -0.336. The fourth-order valence-corrected chi connectivity index (χ4v) is 3.11. The van der Waals surface area contributed by atoms with Gasteiger partial charge in [-0.25, -0.2) is 14.9 Å². The van der Waals surface area contributed by atoms with Gasteiger partial charge in [0.25, 0.3) is 5.91 Å². The van der Waals surface area contributed by atoms with Crippen LogP contribution in [0.5, 0.6) is 0 Å². The number of alkyl halides is 1. The molecule has 0 saturated heterocycles. The zero-order valence-corrected chi connectivity index (χ0v) is 13.8. The van der Waals surface area contributed by atoms with Crippen LogP contribution in [-0.2, 0) is 4.79 Å². The number of hydroxylamine groups is 1. The van der Waals surface area contributed by atoms with Crippen LogP contribution in [0.1, 0.15) is 44.3 Å². The number of allylic oxidation sites excluding steroid dienone is 5. The van der Waals surface area contributed by atoms with E-state index in [4.69, 9.17) is 9.62 Å². The van der Waals surface area contributed by atoms with Gasteiger partial charge in [0.2, 0.25) is 5.67 Å². The van der Waals surface area contributed by atoms with Gasteiger partial charge in [-0.3, -0.25) is 10.0 Å². The minimum absolute atomic E-state index is 0.437. The van der Waals surface area contributed by atoms with Gasteiger partial charge in [0.15, 0.2) is 11.7 Å². The van der Waals surface area contributed by atoms with Crippen molar-refractivity contribution in [2.45, 2.75) is 38.3 Å². The smallest absolute Gasteiger partial charge is 0.281 e. The number of hydrogen-bond donors (Lipinski definition) is 2. The van der Waals surface area contributed by atoms with E-state index in [1.165, 1.54) is 5.48 Å². The molecule has 2 aliphatic carbocycles. The molecule has 2 N–H and O–H groups in total. The lowest BCUT2D eigenvalue weighted by atomic mass is 10.1. The number of amides is 1. The Morgan fingerprint density at radius 3 is 2.83 bits per heavy atom. The van der Waals surface area contributed by atoms with Crippen molar-refractivity contribution in [3.63, 3.8) is 0 Å². The predicted molar refractivity (Wildman–Crippen MR) is 86.8 cm³/mol. The third kappa shape index (κ3) is 2.71. The Labute approximate surface area is 139 Å². The number of hydrogen-bond acceptors (Lipinski definition) is 4. The number of oxazole rings is 1. The van der Waals surface area contributed by atoms with Crippen LogP contribution in [0.25, 0.3) is 5.57 Å². The fraction of sp³-hybridized carbons (Fsp3) is 0.444. The van der Waals surface area contributed by atoms with Crippen molar-refractivity contribution in [2.75, 3.05) is 0 Å². The summed E-state index contributed by atoms with van der Waals surface area (Å²) in [6.45, 7) is 7.35. The van der Waals surface area contributed by atoms with Crippen molar-refractivity contribution in [1.82, 2.24) is 10.5 Å². The van der Waals surface area contributed by atoms with Crippen molar-refractivity contribution in [3.8, 4) is 0 Å². The first kappa shape index (κ1) is 16.6. The third-order valence-electron chi connectivity index (χ3n) is 4.88. The summed E-state index contributed by atoms with van der Waals surface area (Å²) in [5.41, 5.74) is 0.605. The molecule has 1 aromatic rings. The molecule has 2 fully saturated rings. The highest BCUT2D eigenvalue weighted by molar-refractivity contribution is 5.89. The monoisotopic (exact) mass is 332 g/mol. The molecule has 3 atom stereocenters. The zero-order chi connectivity index (χ0) is 17.5. The summed E-state index contributed by atoms with van der Waals surface area (Å²) in [5, 5.41) is 8.67. The first-order valence-electron chi connectivity index (χ1n) is 8.06. The number of carbonyl (C=O) groups is 1. The molecule has 0 bridgehead atoms. The van der Waals surface area contributed by atoms with Crippen LogP contribution in [0, 0.1) is 11.8 Å². The molecule has 1 heterocycles. The van der Waals surface area contributed by atoms with Crippen molar-refractivity contribution in [3.05, 3.63) is 48.2 Å². The van der Waals surface area contributed by atoms with Crippen LogP contribution in [0.4, 0.5) is 4.39 Å². The molecule has 0 radical (unpaired) electrons. The largest absolute Gasteiger partial charge is 0.440 e. The molecule has 0 aromatic carbocycles. The van der Waals surface area contributed by atoms with E-state index in [2.05, 4.69) is 11.6 Å². The maximum atomic E-state index is 14.5. The number of nitrogens with one attached hydrogen (secondary N) is 1. The molecular formula is C18H21FN2O3. The van der Waals surface area contributed by atoms with E-state index in [-0.39, 0.29) is 0 Å². The van der Waals surface area contributed by atoms with Crippen LogP contribution in [0.2, 0.25) is 0 Å². The average molecular weight is 332 g/mol. The van der Waals surface area contributed by atoms with E-state index in [0.717, 1.165) is 24.3 Å². The predicted octanol–water partition coefficient (Wildman–Crippen LogP) is 3.55. The quantitative estimate of drug-likeness (QED) is 0.474. The van der Waals surface area contributed by atoms with Crippen LogP contribution >= 0.6 is 0 Å². The van der Waals surface area contributed by atoms with Crippen LogP contribution in [0.3, 0.4) is 0 Å². The molecule has 0 unspecified atom stereocenters. The van der Waals surface area contributed by atoms with Gasteiger partial charge in [0, 0.05) is 23.3 Å². The van der Waals surface area contributed by atoms with Gasteiger partial charge in [-0.2, -0.15) is 0 Å². The molecule has 0 aliphatic heterocycles. The second-order valence-corrected chi connectivity index (χ2v) is 6.46. The van der Waals surface area contributed by atoms with Gasteiger partial charge in [0.05, 0.1) is 6.20 Å². The maximum absolute atomic E-state index is 14.5. The Balaban J connectivity index is 1.69. The number of aromatic nitrogens is 1. The number of rotatable bonds is 6. The van der Waals surface area contributed by atoms with Gasteiger partial charge in [-0.05, 0) is 25.3 Å². The highest BCUT2D eigenvalue weighted by Crippen LogP contribution is 2.57. The summed E-state index contributed by atoms with van der Waals surface area (Å²) in [6.07, 6.45) is 9.25. The van der Waals surface area contributed by atoms with Crippen molar-refractivity contribution in [1.29, 1.82) is 0 Å². The molecule has 2 aliphatic rings. The third-order valence-corrected chi connectivity index (χ3v) is 4.88. The molecule has 24 heavy (non-hydrogen) atoms. The molecule has 3 rings (SSSR count). The summed E-state index contributed by atoms with van der Waals surface area (Å²) in [7, 11) is 0. The lowest BCUT2D eigenvalue weighted by Gasteiger charge is -2.05. The van der Waals surface area contributed by atoms with E-state index in [9.17, 15) is 9.18 Å². The maximum Gasteiger partial charge on any atom is 0.281 e. The van der Waals surface area contributed by atoms with E-state index in [0.29, 0.717) is 17.3 Å². The van der Waals surface area contributed by atoms with E-state index in [1.807, 2.05) is 13.0 Å². The number of nitrogens with zero attached hydrogens (tertiary/aromatic N) is 1. The van der Waals surface area contributed by atoms with Crippen LogP contribution < -0.4 is 5.48 Å². The summed E-state index contributed by atoms with van der Waals surface area (Å²) < 4.78 is 20.3. The molecule has 1 amide bonds. The van der Waals surface area contributed by atoms with Crippen molar-refractivity contribution >= 4 is 11.5 Å². The van der Waals surface area contributed by atoms with Crippen molar-refractivity contribution in [2.24, 2.45) is 11.8 Å². The highest BCUT2D eigenvalue weighted by Gasteiger charge is 2.69. The fourth-order valence-electron chi connectivity index (χ4n) is 3.11. The minimum Gasteiger partial charge on any atom is -0.440 e. The van der Waals surface area contributed by atoms with Gasteiger partial charge in [0.1, 0.15) is 0 Å². The molecular weight excluding hydrogens is 311 g/mol. The molecule has 128 valence electrons. The molecule has 6 heteroatoms. The Bertz CT molecular complexity index is 732. The van der Waals surface area contributed by atoms with Crippen LogP contribution in [-0.4, -0.2) is 21.8 Å². The first-order valence-corrected chi connectivity index (χ1v) is 8.06. The topological polar surface area (TPSA) is 75.4 Å². The first-order chi connectivity index (χ1) is 11.4. The Hall–Kier alpha value is -2.21. The van der Waals surface area contributed by atoms with E-state index >= 15 is 0 Å². The SMILES string of the molecule is C=C(/C=C\C(=C/C)c1cnc(C2CC2)o1)[C@@H]1[C@@H](C)[C@@]1(F)C(=O)NO. The average Bonchev–Trinajstić information content (AvgIpc) is 3.45. The molecule has 2 saturated carbocycles. The normalized spacial score (nSPS) is 29.8. The van der Waals surface area contributed by atoms with Gasteiger partial charge >= 0.3 is 0 Å². The molecule has 0 spiro atoms. The van der Waals surface area contributed by atoms with Crippen molar-refractivity contribution < 1.29 is 18.8 Å². The lowest BCUT2D eigenvalue weighted by molar-refractivity contribution is -0.136. The highest BCUT2D eigenvalue weighted by atomic mass is 19.1. The summed E-state index contributed by atoms with van der Waals surface area (Å²) >= 11 is 0. The number of carbonyl (C=O) groups excluding carboxylic acids is 1.